The van der Waals surface area contributed by atoms with E-state index in [4.69, 9.17) is 4.74 Å². The van der Waals surface area contributed by atoms with Crippen LogP contribution in [-0.4, -0.2) is 38.3 Å². The zero-order chi connectivity index (χ0) is 12.7. The van der Waals surface area contributed by atoms with Gasteiger partial charge in [-0.3, -0.25) is 0 Å². The number of ether oxygens (including phenoxy) is 1. The van der Waals surface area contributed by atoms with Gasteiger partial charge in [-0.05, 0) is 25.1 Å². The van der Waals surface area contributed by atoms with E-state index in [2.05, 4.69) is 41.2 Å². The average molecular weight is 237 g/mol. The van der Waals surface area contributed by atoms with Crippen LogP contribution in [0.1, 0.15) is 19.4 Å². The van der Waals surface area contributed by atoms with Crippen LogP contribution in [0.2, 0.25) is 0 Å². The Morgan fingerprint density at radius 1 is 1.47 bits per heavy atom. The van der Waals surface area contributed by atoms with Gasteiger partial charge in [-0.2, -0.15) is 0 Å². The van der Waals surface area contributed by atoms with Gasteiger partial charge in [-0.1, -0.05) is 13.0 Å². The third-order valence-electron chi connectivity index (χ3n) is 2.82. The van der Waals surface area contributed by atoms with Gasteiger partial charge in [0.05, 0.1) is 12.6 Å². The lowest BCUT2D eigenvalue weighted by molar-refractivity contribution is 0.183. The van der Waals surface area contributed by atoms with Crippen molar-refractivity contribution in [2.75, 3.05) is 32.2 Å². The van der Waals surface area contributed by atoms with Crippen LogP contribution in [-0.2, 0) is 11.3 Å². The smallest absolute Gasteiger partial charge is 0.128 e. The Morgan fingerprint density at radius 2 is 2.24 bits per heavy atom. The predicted molar refractivity (Wildman–Crippen MR) is 71.4 cm³/mol. The molecule has 1 rings (SSSR count). The van der Waals surface area contributed by atoms with E-state index >= 15 is 0 Å². The summed E-state index contributed by atoms with van der Waals surface area (Å²) in [5.41, 5.74) is 1.21. The van der Waals surface area contributed by atoms with E-state index in [0.29, 0.717) is 12.6 Å². The monoisotopic (exact) mass is 237 g/mol. The summed E-state index contributed by atoms with van der Waals surface area (Å²) < 4.78 is 5.14. The minimum absolute atomic E-state index is 0.326. The third-order valence-corrected chi connectivity index (χ3v) is 2.82. The van der Waals surface area contributed by atoms with Gasteiger partial charge in [0.15, 0.2) is 0 Å². The number of rotatable bonds is 7. The fourth-order valence-electron chi connectivity index (χ4n) is 1.58. The number of likely N-dealkylation sites (N-methyl/N-ethyl adjacent to an activating group) is 1. The van der Waals surface area contributed by atoms with Gasteiger partial charge in [0.1, 0.15) is 5.82 Å². The van der Waals surface area contributed by atoms with Crippen molar-refractivity contribution < 1.29 is 4.74 Å². The number of aromatic nitrogens is 1. The highest BCUT2D eigenvalue weighted by atomic mass is 16.5. The normalized spacial score (nSPS) is 12.5. The zero-order valence-electron chi connectivity index (χ0n) is 11.2. The van der Waals surface area contributed by atoms with Crippen LogP contribution in [0, 0.1) is 0 Å². The second-order valence-electron chi connectivity index (χ2n) is 4.22. The first-order valence-electron chi connectivity index (χ1n) is 6.06. The molecule has 0 aliphatic heterocycles. The number of nitrogens with one attached hydrogen (secondary N) is 1. The van der Waals surface area contributed by atoms with E-state index in [1.807, 2.05) is 13.2 Å². The fraction of sp³-hybridized carbons (Fsp3) is 0.615. The number of pyridine rings is 1. The van der Waals surface area contributed by atoms with Crippen LogP contribution < -0.4 is 10.2 Å². The van der Waals surface area contributed by atoms with Crippen LogP contribution in [0.25, 0.3) is 0 Å². The van der Waals surface area contributed by atoms with Crippen molar-refractivity contribution in [2.24, 2.45) is 0 Å². The van der Waals surface area contributed by atoms with Gasteiger partial charge in [0, 0.05) is 26.9 Å². The number of anilines is 1. The molecule has 4 nitrogen and oxygen atoms in total. The van der Waals surface area contributed by atoms with Crippen molar-refractivity contribution in [1.82, 2.24) is 10.3 Å². The highest BCUT2D eigenvalue weighted by Gasteiger charge is 2.10. The second kappa shape index (κ2) is 7.25. The Balaban J connectivity index is 2.60. The average Bonchev–Trinajstić information content (AvgIpc) is 2.36. The lowest BCUT2D eigenvalue weighted by atomic mass is 10.2. The molecule has 0 amide bonds. The molecule has 0 aliphatic rings. The first kappa shape index (κ1) is 13.9. The highest BCUT2D eigenvalue weighted by molar-refractivity contribution is 5.39. The highest BCUT2D eigenvalue weighted by Crippen LogP contribution is 2.12. The molecule has 4 heteroatoms. The molecule has 0 bridgehead atoms. The lowest BCUT2D eigenvalue weighted by Crippen LogP contribution is -2.33. The summed E-state index contributed by atoms with van der Waals surface area (Å²) in [4.78, 5) is 6.59. The molecular weight excluding hydrogens is 214 g/mol. The Hall–Kier alpha value is -1.13. The maximum absolute atomic E-state index is 5.14. The standard InChI is InChI=1S/C13H23N3O/c1-5-14-8-12-6-7-13(15-9-12)16(3)11(2)10-17-4/h6-7,9,11,14H,5,8,10H2,1-4H3. The number of hydrogen-bond acceptors (Lipinski definition) is 4. The van der Waals surface area contributed by atoms with Crippen molar-refractivity contribution >= 4 is 5.82 Å². The summed E-state index contributed by atoms with van der Waals surface area (Å²) in [5, 5.41) is 3.28. The number of nitrogens with zero attached hydrogens (tertiary/aromatic N) is 2. The number of methoxy groups -OCH3 is 1. The maximum Gasteiger partial charge on any atom is 0.128 e. The minimum Gasteiger partial charge on any atom is -0.383 e. The quantitative estimate of drug-likeness (QED) is 0.782. The van der Waals surface area contributed by atoms with Crippen molar-refractivity contribution in [3.05, 3.63) is 23.9 Å². The summed E-state index contributed by atoms with van der Waals surface area (Å²) in [6.45, 7) is 6.78. The topological polar surface area (TPSA) is 37.4 Å². The summed E-state index contributed by atoms with van der Waals surface area (Å²) in [7, 11) is 3.76. The van der Waals surface area contributed by atoms with E-state index < -0.39 is 0 Å². The molecule has 1 heterocycles. The van der Waals surface area contributed by atoms with E-state index in [-0.39, 0.29) is 0 Å². The molecule has 96 valence electrons. The molecule has 0 aliphatic carbocycles. The maximum atomic E-state index is 5.14. The molecule has 1 unspecified atom stereocenters. The fourth-order valence-corrected chi connectivity index (χ4v) is 1.58. The molecule has 0 spiro atoms. The van der Waals surface area contributed by atoms with Gasteiger partial charge < -0.3 is 15.0 Å². The van der Waals surface area contributed by atoms with Crippen LogP contribution in [0.3, 0.4) is 0 Å². The molecule has 1 N–H and O–H groups in total. The molecule has 0 saturated heterocycles. The van der Waals surface area contributed by atoms with Gasteiger partial charge in [-0.15, -0.1) is 0 Å². The van der Waals surface area contributed by atoms with Gasteiger partial charge in [0.25, 0.3) is 0 Å². The zero-order valence-corrected chi connectivity index (χ0v) is 11.2. The van der Waals surface area contributed by atoms with Crippen molar-refractivity contribution in [3.63, 3.8) is 0 Å². The van der Waals surface area contributed by atoms with Crippen LogP contribution in [0.5, 0.6) is 0 Å². The van der Waals surface area contributed by atoms with Crippen molar-refractivity contribution in [3.8, 4) is 0 Å². The van der Waals surface area contributed by atoms with Gasteiger partial charge in [0.2, 0.25) is 0 Å². The van der Waals surface area contributed by atoms with Crippen molar-refractivity contribution in [1.29, 1.82) is 0 Å². The Kier molecular flexibility index (Phi) is 5.94. The molecule has 0 saturated carbocycles. The third kappa shape index (κ3) is 4.32. The molecule has 17 heavy (non-hydrogen) atoms. The van der Waals surface area contributed by atoms with E-state index in [1.54, 1.807) is 7.11 Å². The van der Waals surface area contributed by atoms with Crippen LogP contribution in [0.15, 0.2) is 18.3 Å². The van der Waals surface area contributed by atoms with Gasteiger partial charge >= 0.3 is 0 Å². The summed E-state index contributed by atoms with van der Waals surface area (Å²) in [5.74, 6) is 0.981. The summed E-state index contributed by atoms with van der Waals surface area (Å²) in [6, 6.07) is 4.49. The molecule has 0 radical (unpaired) electrons. The SMILES string of the molecule is CCNCc1ccc(N(C)C(C)COC)nc1. The summed E-state index contributed by atoms with van der Waals surface area (Å²) >= 11 is 0. The molecule has 0 aromatic carbocycles. The molecular formula is C13H23N3O. The van der Waals surface area contributed by atoms with Gasteiger partial charge in [-0.25, -0.2) is 4.98 Å². The Morgan fingerprint density at radius 3 is 2.76 bits per heavy atom. The van der Waals surface area contributed by atoms with E-state index in [0.717, 1.165) is 18.9 Å². The van der Waals surface area contributed by atoms with E-state index in [1.165, 1.54) is 5.56 Å². The number of hydrogen-bond donors (Lipinski definition) is 1. The first-order valence-corrected chi connectivity index (χ1v) is 6.06. The molecule has 1 atom stereocenters. The van der Waals surface area contributed by atoms with Crippen LogP contribution in [0.4, 0.5) is 5.82 Å². The molecule has 1 aromatic rings. The summed E-state index contributed by atoms with van der Waals surface area (Å²) in [6.07, 6.45) is 1.92. The second-order valence-corrected chi connectivity index (χ2v) is 4.22. The van der Waals surface area contributed by atoms with Crippen molar-refractivity contribution in [2.45, 2.75) is 26.4 Å². The minimum atomic E-state index is 0.326. The predicted octanol–water partition coefficient (Wildman–Crippen LogP) is 1.66. The van der Waals surface area contributed by atoms with Crippen LogP contribution >= 0.6 is 0 Å². The Bertz CT molecular complexity index is 313. The molecule has 0 fully saturated rings. The Labute approximate surface area is 104 Å². The molecule has 1 aromatic heterocycles. The largest absolute Gasteiger partial charge is 0.383 e. The first-order chi connectivity index (χ1) is 8.19. The lowest BCUT2D eigenvalue weighted by Gasteiger charge is -2.25. The van der Waals surface area contributed by atoms with E-state index in [9.17, 15) is 0 Å².